The predicted molar refractivity (Wildman–Crippen MR) is 39.6 cm³/mol. The first-order chi connectivity index (χ1) is 3.93. The largest absolute Gasteiger partial charge is 0.383 e. The van der Waals surface area contributed by atoms with Gasteiger partial charge >= 0.3 is 0 Å². The fourth-order valence-electron chi connectivity index (χ4n) is 1.10. The molecule has 1 N–H and O–H groups in total. The highest BCUT2D eigenvalue weighted by Crippen LogP contribution is 2.03. The second-order valence-corrected chi connectivity index (χ2v) is 2.25. The molecular formula is C7H17NO. The van der Waals surface area contributed by atoms with Crippen molar-refractivity contribution in [2.24, 2.45) is 0 Å². The van der Waals surface area contributed by atoms with Crippen molar-refractivity contribution < 1.29 is 4.74 Å². The fourth-order valence-corrected chi connectivity index (χ4v) is 1.10. The van der Waals surface area contributed by atoms with Gasteiger partial charge in [0.25, 0.3) is 0 Å². The van der Waals surface area contributed by atoms with Crippen molar-refractivity contribution in [3.05, 3.63) is 0 Å². The Kier molecular flexibility index (Phi) is 4.72. The molecule has 1 heterocycles. The number of rotatable bonds is 2. The maximum absolute atomic E-state index is 4.96. The zero-order chi connectivity index (χ0) is 5.82. The molecule has 0 amide bonds. The molecule has 2 heteroatoms. The smallest absolute Gasteiger partial charge is 0.0615 e. The molecule has 0 unspecified atom stereocenters. The highest BCUT2D eigenvalue weighted by molar-refractivity contribution is 4.72. The Hall–Kier alpha value is -0.0800. The molecule has 1 rings (SSSR count). The Balaban J connectivity index is 0.000000640. The van der Waals surface area contributed by atoms with Crippen LogP contribution >= 0.6 is 0 Å². The molecule has 0 aliphatic carbocycles. The lowest BCUT2D eigenvalue weighted by molar-refractivity contribution is 0.173. The summed E-state index contributed by atoms with van der Waals surface area (Å²) in [6.45, 7) is 2.05. The van der Waals surface area contributed by atoms with Crippen molar-refractivity contribution in [2.75, 3.05) is 20.3 Å². The van der Waals surface area contributed by atoms with Gasteiger partial charge in [0.2, 0.25) is 0 Å². The highest BCUT2D eigenvalue weighted by Gasteiger charge is 2.11. The van der Waals surface area contributed by atoms with Gasteiger partial charge < -0.3 is 10.1 Å². The minimum atomic E-state index is 0. The summed E-state index contributed by atoms with van der Waals surface area (Å²) >= 11 is 0. The zero-order valence-corrected chi connectivity index (χ0v) is 5.31. The van der Waals surface area contributed by atoms with E-state index < -0.39 is 0 Å². The van der Waals surface area contributed by atoms with Gasteiger partial charge in [0, 0.05) is 13.2 Å². The van der Waals surface area contributed by atoms with E-state index in [1.54, 1.807) is 7.11 Å². The van der Waals surface area contributed by atoms with E-state index in [2.05, 4.69) is 5.32 Å². The molecule has 0 spiro atoms. The Morgan fingerprint density at radius 1 is 1.67 bits per heavy atom. The monoisotopic (exact) mass is 131 g/mol. The summed E-state index contributed by atoms with van der Waals surface area (Å²) in [6, 6.07) is 0.639. The minimum absolute atomic E-state index is 0. The van der Waals surface area contributed by atoms with Crippen molar-refractivity contribution >= 4 is 0 Å². The molecule has 1 fully saturated rings. The molecular weight excluding hydrogens is 114 g/mol. The second-order valence-electron chi connectivity index (χ2n) is 2.25. The van der Waals surface area contributed by atoms with Crippen LogP contribution in [0.2, 0.25) is 0 Å². The molecule has 9 heavy (non-hydrogen) atoms. The predicted octanol–water partition coefficient (Wildman–Crippen LogP) is 1.02. The maximum atomic E-state index is 4.96. The van der Waals surface area contributed by atoms with Crippen LogP contribution in [0, 0.1) is 0 Å². The molecule has 0 radical (unpaired) electrons. The molecule has 0 saturated carbocycles. The summed E-state index contributed by atoms with van der Waals surface area (Å²) in [4.78, 5) is 0. The quantitative estimate of drug-likeness (QED) is 0.604. The number of nitrogens with one attached hydrogen (secondary N) is 1. The van der Waals surface area contributed by atoms with Gasteiger partial charge in [-0.25, -0.2) is 0 Å². The van der Waals surface area contributed by atoms with Gasteiger partial charge in [-0.3, -0.25) is 0 Å². The average Bonchev–Trinajstić information content (AvgIpc) is 2.19. The van der Waals surface area contributed by atoms with E-state index in [1.807, 2.05) is 0 Å². The first-order valence-electron chi connectivity index (χ1n) is 3.16. The van der Waals surface area contributed by atoms with Gasteiger partial charge in [0.15, 0.2) is 0 Å². The van der Waals surface area contributed by atoms with Gasteiger partial charge in [-0.15, -0.1) is 0 Å². The second kappa shape index (κ2) is 4.77. The van der Waals surface area contributed by atoms with Gasteiger partial charge in [-0.1, -0.05) is 7.43 Å². The minimum Gasteiger partial charge on any atom is -0.383 e. The molecule has 1 aliphatic heterocycles. The van der Waals surface area contributed by atoms with Crippen LogP contribution in [0.25, 0.3) is 0 Å². The van der Waals surface area contributed by atoms with Crippen LogP contribution in [0.4, 0.5) is 0 Å². The zero-order valence-electron chi connectivity index (χ0n) is 5.31. The molecule has 0 aromatic rings. The van der Waals surface area contributed by atoms with Crippen LogP contribution in [0.15, 0.2) is 0 Å². The van der Waals surface area contributed by atoms with Crippen LogP contribution in [0.3, 0.4) is 0 Å². The van der Waals surface area contributed by atoms with Crippen LogP contribution in [0.5, 0.6) is 0 Å². The molecule has 1 aliphatic rings. The molecule has 1 atom stereocenters. The summed E-state index contributed by atoms with van der Waals surface area (Å²) < 4.78 is 4.96. The Morgan fingerprint density at radius 3 is 2.89 bits per heavy atom. The summed E-state index contributed by atoms with van der Waals surface area (Å²) in [5.74, 6) is 0. The van der Waals surface area contributed by atoms with Gasteiger partial charge in [0.05, 0.1) is 6.61 Å². The van der Waals surface area contributed by atoms with Crippen LogP contribution < -0.4 is 5.32 Å². The molecule has 56 valence electrons. The fraction of sp³-hybridized carbons (Fsp3) is 1.00. The van der Waals surface area contributed by atoms with E-state index >= 15 is 0 Å². The lowest BCUT2D eigenvalue weighted by Crippen LogP contribution is -2.25. The van der Waals surface area contributed by atoms with Gasteiger partial charge in [0.1, 0.15) is 0 Å². The Bertz CT molecular complexity index is 59.9. The molecule has 2 nitrogen and oxygen atoms in total. The third-order valence-corrected chi connectivity index (χ3v) is 1.53. The van der Waals surface area contributed by atoms with E-state index in [9.17, 15) is 0 Å². The molecule has 0 aromatic carbocycles. The first kappa shape index (κ1) is 8.92. The van der Waals surface area contributed by atoms with Crippen molar-refractivity contribution in [3.8, 4) is 0 Å². The number of methoxy groups -OCH3 is 1. The van der Waals surface area contributed by atoms with E-state index in [4.69, 9.17) is 4.74 Å². The van der Waals surface area contributed by atoms with Crippen LogP contribution in [-0.2, 0) is 4.74 Å². The van der Waals surface area contributed by atoms with Crippen molar-refractivity contribution in [3.63, 3.8) is 0 Å². The third-order valence-electron chi connectivity index (χ3n) is 1.53. The Labute approximate surface area is 57.6 Å². The number of hydrogen-bond donors (Lipinski definition) is 1. The van der Waals surface area contributed by atoms with Crippen molar-refractivity contribution in [2.45, 2.75) is 26.3 Å². The summed E-state index contributed by atoms with van der Waals surface area (Å²) in [5, 5.41) is 3.33. The van der Waals surface area contributed by atoms with Gasteiger partial charge in [-0.05, 0) is 19.4 Å². The van der Waals surface area contributed by atoms with E-state index in [0.717, 1.165) is 6.61 Å². The van der Waals surface area contributed by atoms with Crippen molar-refractivity contribution in [1.82, 2.24) is 5.32 Å². The highest BCUT2D eigenvalue weighted by atomic mass is 16.5. The standard InChI is InChI=1S/C6H13NO.CH4/c1-8-5-6-3-2-4-7-6;/h6-7H,2-5H2,1H3;1H4/t6-;/m1./s1. The summed E-state index contributed by atoms with van der Waals surface area (Å²) in [7, 11) is 1.75. The topological polar surface area (TPSA) is 21.3 Å². The average molecular weight is 131 g/mol. The van der Waals surface area contributed by atoms with E-state index in [-0.39, 0.29) is 7.43 Å². The molecule has 0 bridgehead atoms. The number of ether oxygens (including phenoxy) is 1. The Morgan fingerprint density at radius 2 is 2.44 bits per heavy atom. The molecule has 0 aromatic heterocycles. The molecule has 1 saturated heterocycles. The maximum Gasteiger partial charge on any atom is 0.0615 e. The lowest BCUT2D eigenvalue weighted by Gasteiger charge is -2.05. The van der Waals surface area contributed by atoms with Gasteiger partial charge in [-0.2, -0.15) is 0 Å². The van der Waals surface area contributed by atoms with Crippen LogP contribution in [-0.4, -0.2) is 26.3 Å². The SMILES string of the molecule is C.COC[C@H]1CCCN1. The van der Waals surface area contributed by atoms with E-state index in [0.29, 0.717) is 6.04 Å². The summed E-state index contributed by atoms with van der Waals surface area (Å²) in [5.41, 5.74) is 0. The van der Waals surface area contributed by atoms with Crippen molar-refractivity contribution in [1.29, 1.82) is 0 Å². The lowest BCUT2D eigenvalue weighted by atomic mass is 10.2. The van der Waals surface area contributed by atoms with E-state index in [1.165, 1.54) is 19.4 Å². The normalized spacial score (nSPS) is 25.7. The van der Waals surface area contributed by atoms with Crippen LogP contribution in [0.1, 0.15) is 20.3 Å². The number of hydrogen-bond acceptors (Lipinski definition) is 2. The first-order valence-corrected chi connectivity index (χ1v) is 3.16. The summed E-state index contributed by atoms with van der Waals surface area (Å²) in [6.07, 6.45) is 2.60. The third kappa shape index (κ3) is 2.82.